The second kappa shape index (κ2) is 3.48. The number of hydrogen-bond donors (Lipinski definition) is 0. The molecule has 0 heterocycles. The van der Waals surface area contributed by atoms with E-state index in [0.717, 1.165) is 0 Å². The van der Waals surface area contributed by atoms with Gasteiger partial charge >= 0.3 is 6.18 Å². The predicted molar refractivity (Wildman–Crippen MR) is 44.5 cm³/mol. The maximum atomic E-state index is 12.7. The van der Waals surface area contributed by atoms with Gasteiger partial charge in [-0.05, 0) is 18.2 Å². The van der Waals surface area contributed by atoms with Crippen molar-refractivity contribution >= 4 is 9.84 Å². The minimum atomic E-state index is -4.76. The lowest BCUT2D eigenvalue weighted by Gasteiger charge is -2.08. The molecule has 0 radical (unpaired) electrons. The van der Waals surface area contributed by atoms with Gasteiger partial charge in [0.25, 0.3) is 0 Å². The van der Waals surface area contributed by atoms with E-state index in [4.69, 9.17) is 0 Å². The van der Waals surface area contributed by atoms with Gasteiger partial charge in [-0.1, -0.05) is 0 Å². The molecule has 0 N–H and O–H groups in total. The van der Waals surface area contributed by atoms with Crippen LogP contribution in [0.1, 0.15) is 5.56 Å². The van der Waals surface area contributed by atoms with Crippen LogP contribution in [0.4, 0.5) is 17.6 Å². The van der Waals surface area contributed by atoms with Crippen molar-refractivity contribution in [3.8, 4) is 0 Å². The lowest BCUT2D eigenvalue weighted by Crippen LogP contribution is -2.08. The first kappa shape index (κ1) is 12.0. The topological polar surface area (TPSA) is 34.1 Å². The van der Waals surface area contributed by atoms with Crippen LogP contribution in [0.2, 0.25) is 0 Å². The molecule has 84 valence electrons. The zero-order valence-electron chi connectivity index (χ0n) is 7.47. The van der Waals surface area contributed by atoms with Gasteiger partial charge in [-0.3, -0.25) is 0 Å². The van der Waals surface area contributed by atoms with Gasteiger partial charge in [-0.2, -0.15) is 13.2 Å². The summed E-state index contributed by atoms with van der Waals surface area (Å²) >= 11 is 0. The van der Waals surface area contributed by atoms with Gasteiger partial charge in [0.05, 0.1) is 10.5 Å². The first-order chi connectivity index (χ1) is 6.60. The molecule has 0 spiro atoms. The molecular formula is C8H6F4O2S. The smallest absolute Gasteiger partial charge is 0.224 e. The molecule has 1 aromatic carbocycles. The minimum absolute atomic E-state index is 0.245. The summed E-state index contributed by atoms with van der Waals surface area (Å²) in [5, 5.41) is 0. The Morgan fingerprint density at radius 3 is 2.07 bits per heavy atom. The molecule has 0 aliphatic heterocycles. The summed E-state index contributed by atoms with van der Waals surface area (Å²) in [5.41, 5.74) is -1.32. The maximum Gasteiger partial charge on any atom is 0.416 e. The van der Waals surface area contributed by atoms with Gasteiger partial charge in [-0.25, -0.2) is 12.8 Å². The van der Waals surface area contributed by atoms with Crippen molar-refractivity contribution in [2.75, 3.05) is 6.26 Å². The predicted octanol–water partition coefficient (Wildman–Crippen LogP) is 2.25. The number of sulfone groups is 1. The van der Waals surface area contributed by atoms with Gasteiger partial charge in [0.2, 0.25) is 0 Å². The van der Waals surface area contributed by atoms with E-state index < -0.39 is 32.3 Å². The van der Waals surface area contributed by atoms with Gasteiger partial charge in [0.15, 0.2) is 9.84 Å². The molecular weight excluding hydrogens is 236 g/mol. The monoisotopic (exact) mass is 242 g/mol. The highest BCUT2D eigenvalue weighted by Gasteiger charge is 2.32. The van der Waals surface area contributed by atoms with E-state index in [1.807, 2.05) is 0 Å². The van der Waals surface area contributed by atoms with Crippen LogP contribution in [0, 0.1) is 5.82 Å². The Hall–Kier alpha value is -1.11. The third kappa shape index (κ3) is 2.92. The van der Waals surface area contributed by atoms with Crippen molar-refractivity contribution < 1.29 is 26.0 Å². The van der Waals surface area contributed by atoms with E-state index in [1.165, 1.54) is 0 Å². The molecule has 0 bridgehead atoms. The highest BCUT2D eigenvalue weighted by molar-refractivity contribution is 7.90. The second-order valence-corrected chi connectivity index (χ2v) is 4.96. The fraction of sp³-hybridized carbons (Fsp3) is 0.250. The Kier molecular flexibility index (Phi) is 2.77. The van der Waals surface area contributed by atoms with Gasteiger partial charge in [-0.15, -0.1) is 0 Å². The standard InChI is InChI=1S/C8H6F4O2S/c1-15(13,14)7-3-5(8(10,11)12)2-6(9)4-7/h2-4H,1H3. The summed E-state index contributed by atoms with van der Waals surface area (Å²) in [6.07, 6.45) is -4.05. The molecule has 0 saturated heterocycles. The summed E-state index contributed by atoms with van der Waals surface area (Å²) in [5.74, 6) is -1.23. The fourth-order valence-corrected chi connectivity index (χ4v) is 1.61. The van der Waals surface area contributed by atoms with E-state index in [2.05, 4.69) is 0 Å². The maximum absolute atomic E-state index is 12.7. The molecule has 1 aromatic rings. The van der Waals surface area contributed by atoms with Crippen LogP contribution in [0.15, 0.2) is 23.1 Å². The first-order valence-corrected chi connectivity index (χ1v) is 5.58. The summed E-state index contributed by atoms with van der Waals surface area (Å²) in [7, 11) is -3.85. The lowest BCUT2D eigenvalue weighted by molar-refractivity contribution is -0.137. The fourth-order valence-electron chi connectivity index (χ4n) is 0.940. The van der Waals surface area contributed by atoms with Gasteiger partial charge < -0.3 is 0 Å². The first-order valence-electron chi connectivity index (χ1n) is 3.68. The number of hydrogen-bond acceptors (Lipinski definition) is 2. The van der Waals surface area contributed by atoms with Crippen molar-refractivity contribution in [1.82, 2.24) is 0 Å². The Morgan fingerprint density at radius 1 is 1.13 bits per heavy atom. The molecule has 1 rings (SSSR count). The van der Waals surface area contributed by atoms with E-state index in [0.29, 0.717) is 18.4 Å². The second-order valence-electron chi connectivity index (χ2n) is 2.95. The summed E-state index contributed by atoms with van der Waals surface area (Å²) in [4.78, 5) is -0.685. The molecule has 0 aliphatic carbocycles. The number of alkyl halides is 3. The van der Waals surface area contributed by atoms with Crippen LogP contribution in [-0.4, -0.2) is 14.7 Å². The zero-order chi connectivity index (χ0) is 11.9. The van der Waals surface area contributed by atoms with Crippen LogP contribution in [-0.2, 0) is 16.0 Å². The third-order valence-corrected chi connectivity index (χ3v) is 2.72. The number of rotatable bonds is 1. The molecule has 7 heteroatoms. The van der Waals surface area contributed by atoms with Crippen molar-refractivity contribution in [3.63, 3.8) is 0 Å². The molecule has 0 aliphatic rings. The SMILES string of the molecule is CS(=O)(=O)c1cc(F)cc(C(F)(F)F)c1. The summed E-state index contributed by atoms with van der Waals surface area (Å²) in [6, 6.07) is 1.19. The molecule has 0 amide bonds. The van der Waals surface area contributed by atoms with Crippen molar-refractivity contribution in [3.05, 3.63) is 29.6 Å². The molecule has 0 aromatic heterocycles. The van der Waals surface area contributed by atoms with Crippen LogP contribution in [0.3, 0.4) is 0 Å². The molecule has 0 saturated carbocycles. The minimum Gasteiger partial charge on any atom is -0.224 e. The highest BCUT2D eigenvalue weighted by Crippen LogP contribution is 2.31. The molecule has 0 fully saturated rings. The van der Waals surface area contributed by atoms with Crippen LogP contribution in [0.5, 0.6) is 0 Å². The van der Waals surface area contributed by atoms with Crippen molar-refractivity contribution in [2.24, 2.45) is 0 Å². The van der Waals surface area contributed by atoms with E-state index in [9.17, 15) is 26.0 Å². The van der Waals surface area contributed by atoms with E-state index >= 15 is 0 Å². The Bertz CT molecular complexity index is 476. The average molecular weight is 242 g/mol. The van der Waals surface area contributed by atoms with Crippen molar-refractivity contribution in [2.45, 2.75) is 11.1 Å². The quantitative estimate of drug-likeness (QED) is 0.708. The summed E-state index contributed by atoms with van der Waals surface area (Å²) in [6.45, 7) is 0. The molecule has 2 nitrogen and oxygen atoms in total. The zero-order valence-corrected chi connectivity index (χ0v) is 8.29. The van der Waals surface area contributed by atoms with Gasteiger partial charge in [0.1, 0.15) is 5.82 Å². The number of halogens is 4. The molecule has 0 unspecified atom stereocenters. The summed E-state index contributed by atoms with van der Waals surface area (Å²) < 4.78 is 71.1. The van der Waals surface area contributed by atoms with Crippen LogP contribution >= 0.6 is 0 Å². The normalized spacial score (nSPS) is 12.9. The lowest BCUT2D eigenvalue weighted by atomic mass is 10.2. The Morgan fingerprint density at radius 2 is 1.67 bits per heavy atom. The van der Waals surface area contributed by atoms with Gasteiger partial charge in [0, 0.05) is 6.26 Å². The number of benzene rings is 1. The molecule has 0 atom stereocenters. The average Bonchev–Trinajstić information content (AvgIpc) is 1.99. The molecule has 15 heavy (non-hydrogen) atoms. The van der Waals surface area contributed by atoms with Crippen molar-refractivity contribution in [1.29, 1.82) is 0 Å². The third-order valence-electron chi connectivity index (χ3n) is 1.63. The Balaban J connectivity index is 3.43. The largest absolute Gasteiger partial charge is 0.416 e. The van der Waals surface area contributed by atoms with E-state index in [-0.39, 0.29) is 6.07 Å². The Labute approximate surface area is 83.4 Å². The van der Waals surface area contributed by atoms with Crippen LogP contribution in [0.25, 0.3) is 0 Å². The van der Waals surface area contributed by atoms with E-state index in [1.54, 1.807) is 0 Å². The van der Waals surface area contributed by atoms with Crippen LogP contribution < -0.4 is 0 Å². The highest BCUT2D eigenvalue weighted by atomic mass is 32.2.